The molecule has 3 atom stereocenters. The maximum Gasteiger partial charge on any atom is 0.330 e. The summed E-state index contributed by atoms with van der Waals surface area (Å²) in [6, 6.07) is 11.9. The second-order valence-electron chi connectivity index (χ2n) is 14.0. The maximum atomic E-state index is 14.3. The van der Waals surface area contributed by atoms with E-state index in [9.17, 15) is 14.5 Å². The minimum Gasteiger partial charge on any atom is -0.488 e. The number of nitriles is 2. The number of amidine groups is 1. The number of nitrogens with zero attached hydrogens (tertiary/aromatic N) is 4. The number of halogens is 1. The monoisotopic (exact) mass is 756 g/mol. The minimum atomic E-state index is -2.37. The topological polar surface area (TPSA) is 160 Å². The van der Waals surface area contributed by atoms with Crippen molar-refractivity contribution in [3.8, 4) is 17.9 Å². The molecule has 1 aromatic carbocycles. The van der Waals surface area contributed by atoms with Gasteiger partial charge < -0.3 is 34.6 Å². The second kappa shape index (κ2) is 25.7. The van der Waals surface area contributed by atoms with E-state index in [1.54, 1.807) is 6.07 Å². The smallest absolute Gasteiger partial charge is 0.330 e. The summed E-state index contributed by atoms with van der Waals surface area (Å²) in [5.74, 6) is 0.0650. The summed E-state index contributed by atoms with van der Waals surface area (Å²) in [7, 11) is -0.932. The van der Waals surface area contributed by atoms with E-state index in [0.29, 0.717) is 31.8 Å². The van der Waals surface area contributed by atoms with Gasteiger partial charge in [0.2, 0.25) is 0 Å². The molecule has 13 heteroatoms. The van der Waals surface area contributed by atoms with E-state index in [1.807, 2.05) is 22.9 Å². The number of unbranched alkanes of at least 4 members (excludes halogenated alkanes) is 16. The average Bonchev–Trinajstić information content (AvgIpc) is 3.59. The molecule has 0 saturated carbocycles. The lowest BCUT2D eigenvalue weighted by Crippen LogP contribution is -2.36. The van der Waals surface area contributed by atoms with Crippen molar-refractivity contribution >= 4 is 14.4 Å². The molecule has 0 fully saturated rings. The van der Waals surface area contributed by atoms with Gasteiger partial charge in [-0.2, -0.15) is 10.5 Å². The van der Waals surface area contributed by atoms with Crippen molar-refractivity contribution in [3.05, 3.63) is 53.1 Å². The molecule has 1 aromatic heterocycles. The molecule has 0 saturated heterocycles. The molecule has 3 rings (SSSR count). The highest BCUT2D eigenvalue weighted by atomic mass is 31.2. The van der Waals surface area contributed by atoms with Crippen molar-refractivity contribution in [3.63, 3.8) is 0 Å². The standard InChI is InChI=1S/C40H62FN6O5P/c1-3-4-5-6-7-8-9-10-11-12-13-14-15-16-17-18-19-20-36(52-35-23-21-33(28-42)37(41)27-35)29-50-53(48)51-31-40(30-43,49-2)26-25-34-22-24-38-39(44)45-32-46-47(34)38/h21-24,27,36,46,48H,3-20,25-26,29,31-32H2,1-2H3,(H2,44,45). The van der Waals surface area contributed by atoms with Gasteiger partial charge in [0.05, 0.1) is 18.8 Å². The molecule has 1 aliphatic heterocycles. The number of fused-ring (bicyclic) bond motifs is 1. The molecule has 0 bridgehead atoms. The van der Waals surface area contributed by atoms with Gasteiger partial charge in [0.25, 0.3) is 0 Å². The van der Waals surface area contributed by atoms with Crippen LogP contribution in [0.4, 0.5) is 4.39 Å². The van der Waals surface area contributed by atoms with Gasteiger partial charge in [0.15, 0.2) is 5.60 Å². The van der Waals surface area contributed by atoms with Gasteiger partial charge in [0, 0.05) is 18.9 Å². The van der Waals surface area contributed by atoms with E-state index < -0.39 is 26.1 Å². The first-order valence-corrected chi connectivity index (χ1v) is 20.8. The molecule has 294 valence electrons. The Morgan fingerprint density at radius 3 is 2.13 bits per heavy atom. The first kappa shape index (κ1) is 44.1. The van der Waals surface area contributed by atoms with Gasteiger partial charge in [0.1, 0.15) is 48.0 Å². The minimum absolute atomic E-state index is 0.000153. The Morgan fingerprint density at radius 2 is 1.57 bits per heavy atom. The highest BCUT2D eigenvalue weighted by Gasteiger charge is 2.33. The van der Waals surface area contributed by atoms with Crippen LogP contribution in [0.3, 0.4) is 0 Å². The molecule has 0 aliphatic carbocycles. The molecular formula is C40H62FN6O5P. The van der Waals surface area contributed by atoms with Crippen LogP contribution >= 0.6 is 8.60 Å². The molecule has 1 aliphatic rings. The zero-order valence-electron chi connectivity index (χ0n) is 32.0. The van der Waals surface area contributed by atoms with Gasteiger partial charge >= 0.3 is 8.60 Å². The molecule has 0 radical (unpaired) electrons. The number of rotatable bonds is 30. The lowest BCUT2D eigenvalue weighted by molar-refractivity contribution is -0.0124. The second-order valence-corrected chi connectivity index (χ2v) is 15.0. The predicted octanol–water partition coefficient (Wildman–Crippen LogP) is 9.30. The summed E-state index contributed by atoms with van der Waals surface area (Å²) in [4.78, 5) is 14.8. The van der Waals surface area contributed by atoms with Gasteiger partial charge in [-0.25, -0.2) is 9.38 Å². The summed E-state index contributed by atoms with van der Waals surface area (Å²) in [5.41, 5.74) is 9.42. The zero-order valence-corrected chi connectivity index (χ0v) is 32.9. The quantitative estimate of drug-likeness (QED) is 0.0521. The molecule has 4 N–H and O–H groups in total. The van der Waals surface area contributed by atoms with Crippen molar-refractivity contribution in [2.24, 2.45) is 10.7 Å². The first-order valence-electron chi connectivity index (χ1n) is 19.7. The Hall–Kier alpha value is -3.25. The van der Waals surface area contributed by atoms with Gasteiger partial charge in [-0.3, -0.25) is 4.68 Å². The number of nitrogens with one attached hydrogen (secondary N) is 1. The van der Waals surface area contributed by atoms with Crippen molar-refractivity contribution in [2.45, 2.75) is 147 Å². The Balaban J connectivity index is 1.37. The molecule has 3 unspecified atom stereocenters. The Morgan fingerprint density at radius 1 is 0.943 bits per heavy atom. The average molecular weight is 757 g/mol. The lowest BCUT2D eigenvalue weighted by atomic mass is 9.99. The van der Waals surface area contributed by atoms with Crippen LogP contribution in [0.1, 0.15) is 146 Å². The van der Waals surface area contributed by atoms with Crippen LogP contribution in [0.2, 0.25) is 0 Å². The Kier molecular flexibility index (Phi) is 21.4. The number of aliphatic imine (C=N–C) groups is 1. The van der Waals surface area contributed by atoms with Crippen LogP contribution in [-0.4, -0.2) is 54.1 Å². The Bertz CT molecular complexity index is 1450. The summed E-state index contributed by atoms with van der Waals surface area (Å²) >= 11 is 0. The van der Waals surface area contributed by atoms with E-state index >= 15 is 0 Å². The lowest BCUT2D eigenvalue weighted by Gasteiger charge is -2.27. The number of nitrogens with two attached hydrogens (primary N) is 1. The molecule has 2 heterocycles. The Labute approximate surface area is 318 Å². The number of methoxy groups -OCH3 is 1. The third-order valence-electron chi connectivity index (χ3n) is 9.85. The van der Waals surface area contributed by atoms with Crippen molar-refractivity contribution in [1.29, 1.82) is 10.5 Å². The maximum absolute atomic E-state index is 14.3. The van der Waals surface area contributed by atoms with Gasteiger partial charge in [-0.1, -0.05) is 110 Å². The largest absolute Gasteiger partial charge is 0.488 e. The fourth-order valence-corrected chi connectivity index (χ4v) is 7.19. The number of ether oxygens (including phenoxy) is 2. The van der Waals surface area contributed by atoms with Crippen molar-refractivity contribution < 1.29 is 27.8 Å². The van der Waals surface area contributed by atoms with E-state index in [2.05, 4.69) is 23.4 Å². The molecule has 0 amide bonds. The van der Waals surface area contributed by atoms with Crippen LogP contribution in [0.5, 0.6) is 5.75 Å². The van der Waals surface area contributed by atoms with Crippen LogP contribution in [-0.2, 0) is 20.2 Å². The number of aryl methyl sites for hydroxylation is 1. The zero-order chi connectivity index (χ0) is 38.2. The summed E-state index contributed by atoms with van der Waals surface area (Å²) in [6.45, 7) is 2.41. The van der Waals surface area contributed by atoms with E-state index in [1.165, 1.54) is 109 Å². The number of benzene rings is 1. The van der Waals surface area contributed by atoms with Crippen LogP contribution < -0.4 is 15.9 Å². The molecule has 0 spiro atoms. The fourth-order valence-electron chi connectivity index (χ4n) is 6.50. The highest BCUT2D eigenvalue weighted by molar-refractivity contribution is 7.40. The predicted molar refractivity (Wildman–Crippen MR) is 208 cm³/mol. The SMILES string of the molecule is CCCCCCCCCCCCCCCCCCCC(COP(O)OCC(C#N)(CCc1ccc2n1NCN=C2N)OC)Oc1ccc(C#N)c(F)c1. The number of hydrogen-bond donors (Lipinski definition) is 3. The molecule has 53 heavy (non-hydrogen) atoms. The van der Waals surface area contributed by atoms with Crippen molar-refractivity contribution in [2.75, 3.05) is 32.4 Å². The summed E-state index contributed by atoms with van der Waals surface area (Å²) in [5, 5.41) is 19.1. The van der Waals surface area contributed by atoms with Gasteiger partial charge in [-0.05, 0) is 49.9 Å². The van der Waals surface area contributed by atoms with Crippen LogP contribution in [0, 0.1) is 28.5 Å². The fraction of sp³-hybridized carbons (Fsp3) is 0.675. The van der Waals surface area contributed by atoms with Crippen LogP contribution in [0.25, 0.3) is 0 Å². The third-order valence-corrected chi connectivity index (χ3v) is 10.6. The van der Waals surface area contributed by atoms with Crippen molar-refractivity contribution in [1.82, 2.24) is 4.68 Å². The highest BCUT2D eigenvalue weighted by Crippen LogP contribution is 2.36. The van der Waals surface area contributed by atoms with E-state index in [0.717, 1.165) is 30.7 Å². The van der Waals surface area contributed by atoms with E-state index in [4.69, 9.17) is 29.5 Å². The summed E-state index contributed by atoms with van der Waals surface area (Å²) in [6.07, 6.45) is 22.7. The normalized spacial score (nSPS) is 14.6. The number of hydrogen-bond acceptors (Lipinski definition) is 10. The molecule has 11 nitrogen and oxygen atoms in total. The summed E-state index contributed by atoms with van der Waals surface area (Å²) < 4.78 is 39.1. The number of aromatic nitrogens is 1. The van der Waals surface area contributed by atoms with E-state index in [-0.39, 0.29) is 24.5 Å². The van der Waals surface area contributed by atoms with Crippen LogP contribution in [0.15, 0.2) is 35.3 Å². The van der Waals surface area contributed by atoms with Gasteiger partial charge in [-0.15, -0.1) is 0 Å². The first-order chi connectivity index (χ1) is 25.8. The third kappa shape index (κ3) is 16.3. The molecule has 2 aromatic rings. The molecular weight excluding hydrogens is 694 g/mol.